The van der Waals surface area contributed by atoms with Crippen LogP contribution in [0.3, 0.4) is 0 Å². The van der Waals surface area contributed by atoms with Gasteiger partial charge in [0.2, 0.25) is 0 Å². The third kappa shape index (κ3) is 1.77. The molecule has 2 atom stereocenters. The minimum Gasteiger partial charge on any atom is -0.335 e. The van der Waals surface area contributed by atoms with Gasteiger partial charge in [0, 0.05) is 12.6 Å². The number of carbonyl (C=O) groups is 1. The van der Waals surface area contributed by atoms with Crippen LogP contribution in [0.4, 0.5) is 5.69 Å². The molecule has 2 unspecified atom stereocenters. The molecule has 3 N–H and O–H groups in total. The zero-order chi connectivity index (χ0) is 12.7. The van der Waals surface area contributed by atoms with Crippen molar-refractivity contribution in [2.75, 3.05) is 12.0 Å². The first-order valence-corrected chi connectivity index (χ1v) is 6.57. The van der Waals surface area contributed by atoms with Gasteiger partial charge in [-0.2, -0.15) is 0 Å². The van der Waals surface area contributed by atoms with Gasteiger partial charge in [-0.25, -0.2) is 0 Å². The quantitative estimate of drug-likeness (QED) is 0.618. The second kappa shape index (κ2) is 4.28. The number of nitrogens with one attached hydrogen (secondary N) is 1. The number of rotatable bonds is 2. The molecule has 96 valence electrons. The van der Waals surface area contributed by atoms with Gasteiger partial charge in [-0.3, -0.25) is 10.6 Å². The highest BCUT2D eigenvalue weighted by Gasteiger charge is 2.40. The van der Waals surface area contributed by atoms with Gasteiger partial charge in [-0.05, 0) is 49.8 Å². The number of hydrogen-bond acceptors (Lipinski definition) is 3. The Balaban J connectivity index is 1.88. The zero-order valence-corrected chi connectivity index (χ0v) is 10.6. The standard InChI is InChI=1S/C14H19N3O/c1-9-2-5-12(13(6-9)16-15)14(18)17-8-10-3-4-11(17)7-10/h2,5-6,10-11,16H,3-4,7-8,15H2,1H3. The monoisotopic (exact) mass is 245 g/mol. The van der Waals surface area contributed by atoms with E-state index >= 15 is 0 Å². The van der Waals surface area contributed by atoms with E-state index < -0.39 is 0 Å². The third-order valence-corrected chi connectivity index (χ3v) is 4.23. The Morgan fingerprint density at radius 2 is 2.28 bits per heavy atom. The first-order chi connectivity index (χ1) is 8.69. The molecule has 1 aliphatic heterocycles. The molecule has 1 saturated carbocycles. The number of likely N-dealkylation sites (tertiary alicyclic amines) is 1. The van der Waals surface area contributed by atoms with Gasteiger partial charge in [0.05, 0.1) is 11.3 Å². The Kier molecular flexibility index (Phi) is 2.74. The summed E-state index contributed by atoms with van der Waals surface area (Å²) in [5, 5.41) is 0. The number of carbonyl (C=O) groups excluding carboxylic acids is 1. The first kappa shape index (κ1) is 11.5. The van der Waals surface area contributed by atoms with Crippen molar-refractivity contribution in [1.29, 1.82) is 0 Å². The normalized spacial score (nSPS) is 25.6. The van der Waals surface area contributed by atoms with Crippen molar-refractivity contribution in [3.05, 3.63) is 29.3 Å². The van der Waals surface area contributed by atoms with Crippen LogP contribution in [0.2, 0.25) is 0 Å². The fourth-order valence-corrected chi connectivity index (χ4v) is 3.29. The number of piperidine rings is 1. The number of hydrazine groups is 1. The lowest BCUT2D eigenvalue weighted by Gasteiger charge is -2.27. The number of nitrogens with two attached hydrogens (primary N) is 1. The molecule has 0 aromatic heterocycles. The molecule has 1 aliphatic carbocycles. The number of hydrogen-bond donors (Lipinski definition) is 2. The predicted octanol–water partition coefficient (Wildman–Crippen LogP) is 1.91. The van der Waals surface area contributed by atoms with Gasteiger partial charge >= 0.3 is 0 Å². The number of aryl methyl sites for hydroxylation is 1. The van der Waals surface area contributed by atoms with Gasteiger partial charge in [-0.15, -0.1) is 0 Å². The number of nitrogens with zero attached hydrogens (tertiary/aromatic N) is 1. The van der Waals surface area contributed by atoms with E-state index in [2.05, 4.69) is 5.43 Å². The summed E-state index contributed by atoms with van der Waals surface area (Å²) in [5.74, 6) is 6.35. The SMILES string of the molecule is Cc1ccc(C(=O)N2CC3CCC2C3)c(NN)c1. The summed E-state index contributed by atoms with van der Waals surface area (Å²) in [6.07, 6.45) is 3.63. The lowest BCUT2D eigenvalue weighted by Crippen LogP contribution is -2.38. The van der Waals surface area contributed by atoms with E-state index in [4.69, 9.17) is 5.84 Å². The lowest BCUT2D eigenvalue weighted by molar-refractivity contribution is 0.0704. The molecule has 1 saturated heterocycles. The highest BCUT2D eigenvalue weighted by molar-refractivity contribution is 6.00. The van der Waals surface area contributed by atoms with Crippen LogP contribution in [-0.4, -0.2) is 23.4 Å². The topological polar surface area (TPSA) is 58.4 Å². The van der Waals surface area contributed by atoms with E-state index in [-0.39, 0.29) is 5.91 Å². The van der Waals surface area contributed by atoms with Crippen molar-refractivity contribution < 1.29 is 4.79 Å². The van der Waals surface area contributed by atoms with Crippen LogP contribution in [0, 0.1) is 12.8 Å². The summed E-state index contributed by atoms with van der Waals surface area (Å²) < 4.78 is 0. The fourth-order valence-electron chi connectivity index (χ4n) is 3.29. The summed E-state index contributed by atoms with van der Waals surface area (Å²) >= 11 is 0. The second-order valence-electron chi connectivity index (χ2n) is 5.48. The zero-order valence-electron chi connectivity index (χ0n) is 10.6. The molecule has 2 aliphatic rings. The van der Waals surface area contributed by atoms with Crippen LogP contribution >= 0.6 is 0 Å². The van der Waals surface area contributed by atoms with E-state index in [0.29, 0.717) is 11.6 Å². The maximum absolute atomic E-state index is 12.6. The Labute approximate surface area is 107 Å². The molecule has 4 heteroatoms. The smallest absolute Gasteiger partial charge is 0.256 e. The molecule has 18 heavy (non-hydrogen) atoms. The Morgan fingerprint density at radius 1 is 1.44 bits per heavy atom. The van der Waals surface area contributed by atoms with Crippen LogP contribution < -0.4 is 11.3 Å². The second-order valence-corrected chi connectivity index (χ2v) is 5.48. The lowest BCUT2D eigenvalue weighted by atomic mass is 10.1. The molecule has 2 bridgehead atoms. The summed E-state index contributed by atoms with van der Waals surface area (Å²) in [6, 6.07) is 6.21. The van der Waals surface area contributed by atoms with Gasteiger partial charge in [0.1, 0.15) is 0 Å². The molecule has 2 fully saturated rings. The number of fused-ring (bicyclic) bond motifs is 2. The molecule has 1 aromatic carbocycles. The molecule has 0 spiro atoms. The van der Waals surface area contributed by atoms with E-state index in [1.54, 1.807) is 0 Å². The Bertz CT molecular complexity index is 486. The third-order valence-electron chi connectivity index (χ3n) is 4.23. The number of nitrogen functional groups attached to an aromatic ring is 1. The molecule has 4 nitrogen and oxygen atoms in total. The fraction of sp³-hybridized carbons (Fsp3) is 0.500. The van der Waals surface area contributed by atoms with E-state index in [0.717, 1.165) is 30.1 Å². The summed E-state index contributed by atoms with van der Waals surface area (Å²) in [7, 11) is 0. The van der Waals surface area contributed by atoms with Crippen molar-refractivity contribution in [2.45, 2.75) is 32.2 Å². The van der Waals surface area contributed by atoms with Crippen LogP contribution in [0.1, 0.15) is 35.2 Å². The number of anilines is 1. The summed E-state index contributed by atoms with van der Waals surface area (Å²) in [6.45, 7) is 2.91. The molecule has 1 amide bonds. The summed E-state index contributed by atoms with van der Waals surface area (Å²) in [4.78, 5) is 14.6. The molecule has 0 radical (unpaired) electrons. The molecule has 1 heterocycles. The summed E-state index contributed by atoms with van der Waals surface area (Å²) in [5.41, 5.74) is 5.15. The number of benzene rings is 1. The van der Waals surface area contributed by atoms with E-state index in [1.807, 2.05) is 30.0 Å². The highest BCUT2D eigenvalue weighted by atomic mass is 16.2. The van der Waals surface area contributed by atoms with Gasteiger partial charge < -0.3 is 10.3 Å². The maximum Gasteiger partial charge on any atom is 0.256 e. The predicted molar refractivity (Wildman–Crippen MR) is 71.2 cm³/mol. The average Bonchev–Trinajstić information content (AvgIpc) is 3.00. The highest BCUT2D eigenvalue weighted by Crippen LogP contribution is 2.38. The Morgan fingerprint density at radius 3 is 2.89 bits per heavy atom. The van der Waals surface area contributed by atoms with Crippen molar-refractivity contribution in [1.82, 2.24) is 4.90 Å². The van der Waals surface area contributed by atoms with Crippen molar-refractivity contribution in [2.24, 2.45) is 11.8 Å². The first-order valence-electron chi connectivity index (χ1n) is 6.57. The van der Waals surface area contributed by atoms with Crippen LogP contribution in [-0.2, 0) is 0 Å². The maximum atomic E-state index is 12.6. The van der Waals surface area contributed by atoms with Crippen LogP contribution in [0.5, 0.6) is 0 Å². The van der Waals surface area contributed by atoms with E-state index in [1.165, 1.54) is 12.8 Å². The largest absolute Gasteiger partial charge is 0.335 e. The average molecular weight is 245 g/mol. The van der Waals surface area contributed by atoms with Gasteiger partial charge in [-0.1, -0.05) is 6.07 Å². The molecular formula is C14H19N3O. The van der Waals surface area contributed by atoms with Gasteiger partial charge in [0.25, 0.3) is 5.91 Å². The van der Waals surface area contributed by atoms with Crippen LogP contribution in [0.25, 0.3) is 0 Å². The van der Waals surface area contributed by atoms with Crippen molar-refractivity contribution in [3.8, 4) is 0 Å². The molecular weight excluding hydrogens is 226 g/mol. The van der Waals surface area contributed by atoms with Crippen LogP contribution in [0.15, 0.2) is 18.2 Å². The van der Waals surface area contributed by atoms with Crippen molar-refractivity contribution >= 4 is 11.6 Å². The molecule has 3 rings (SSSR count). The number of amides is 1. The van der Waals surface area contributed by atoms with Crippen molar-refractivity contribution in [3.63, 3.8) is 0 Å². The Hall–Kier alpha value is -1.55. The van der Waals surface area contributed by atoms with E-state index in [9.17, 15) is 4.79 Å². The van der Waals surface area contributed by atoms with Gasteiger partial charge in [0.15, 0.2) is 0 Å². The minimum absolute atomic E-state index is 0.121. The molecule has 1 aromatic rings. The minimum atomic E-state index is 0.121.